The van der Waals surface area contributed by atoms with Crippen LogP contribution in [0.2, 0.25) is 0 Å². The monoisotopic (exact) mass is 401 g/mol. The standard InChI is InChI=1S/C19H23N5O3S/c1-11-9-15(13-3-6-20-7-4-13)27-18(26)16(11)17(25)21-8-5-14-10-24-19(22-14)28-12(2)23-24/h9-10,13,20H,3-8H2,1-2H3,(H,21,25). The molecule has 1 aliphatic rings. The second-order valence-electron chi connectivity index (χ2n) is 7.10. The lowest BCUT2D eigenvalue weighted by Gasteiger charge is -2.21. The molecule has 148 valence electrons. The van der Waals surface area contributed by atoms with E-state index in [0.717, 1.165) is 41.6 Å². The SMILES string of the molecule is Cc1nn2cc(CCNC(=O)c3c(C)cc(C4CCNCC4)oc3=O)nc2s1. The maximum Gasteiger partial charge on any atom is 0.349 e. The fourth-order valence-electron chi connectivity index (χ4n) is 3.57. The minimum Gasteiger partial charge on any atom is -0.427 e. The van der Waals surface area contributed by atoms with E-state index >= 15 is 0 Å². The molecule has 9 heteroatoms. The molecule has 8 nitrogen and oxygen atoms in total. The first-order chi connectivity index (χ1) is 13.5. The maximum absolute atomic E-state index is 12.5. The molecule has 1 fully saturated rings. The van der Waals surface area contributed by atoms with Crippen molar-refractivity contribution in [3.8, 4) is 0 Å². The quantitative estimate of drug-likeness (QED) is 0.676. The van der Waals surface area contributed by atoms with Crippen LogP contribution in [0.25, 0.3) is 4.96 Å². The Morgan fingerprint density at radius 2 is 2.18 bits per heavy atom. The molecule has 1 amide bonds. The predicted molar refractivity (Wildman–Crippen MR) is 106 cm³/mol. The Bertz CT molecular complexity index is 1030. The first-order valence-corrected chi connectivity index (χ1v) is 10.3. The van der Waals surface area contributed by atoms with E-state index in [0.29, 0.717) is 24.3 Å². The van der Waals surface area contributed by atoms with Crippen molar-refractivity contribution in [1.29, 1.82) is 0 Å². The van der Waals surface area contributed by atoms with Crippen LogP contribution in [0.1, 0.15) is 51.1 Å². The highest BCUT2D eigenvalue weighted by atomic mass is 32.1. The van der Waals surface area contributed by atoms with Crippen molar-refractivity contribution in [2.45, 2.75) is 39.0 Å². The Hall–Kier alpha value is -2.52. The van der Waals surface area contributed by atoms with E-state index in [4.69, 9.17) is 4.42 Å². The van der Waals surface area contributed by atoms with Gasteiger partial charge < -0.3 is 15.1 Å². The first kappa shape index (κ1) is 18.8. The summed E-state index contributed by atoms with van der Waals surface area (Å²) < 4.78 is 7.23. The molecule has 0 unspecified atom stereocenters. The van der Waals surface area contributed by atoms with Gasteiger partial charge in [0.15, 0.2) is 0 Å². The van der Waals surface area contributed by atoms with E-state index in [1.54, 1.807) is 11.4 Å². The molecule has 4 heterocycles. The molecule has 0 saturated carbocycles. The van der Waals surface area contributed by atoms with Crippen molar-refractivity contribution in [3.63, 3.8) is 0 Å². The van der Waals surface area contributed by atoms with E-state index in [-0.39, 0.29) is 11.5 Å². The molecule has 2 N–H and O–H groups in total. The molecule has 0 aromatic carbocycles. The minimum absolute atomic E-state index is 0.0841. The Kier molecular flexibility index (Phi) is 5.27. The van der Waals surface area contributed by atoms with Crippen LogP contribution in [0.3, 0.4) is 0 Å². The fraction of sp³-hybridized carbons (Fsp3) is 0.474. The molecule has 0 aliphatic carbocycles. The Morgan fingerprint density at radius 3 is 2.89 bits per heavy atom. The molecule has 4 rings (SSSR count). The summed E-state index contributed by atoms with van der Waals surface area (Å²) in [5, 5.41) is 11.4. The van der Waals surface area contributed by atoms with Crippen LogP contribution in [-0.2, 0) is 6.42 Å². The molecule has 3 aromatic heterocycles. The van der Waals surface area contributed by atoms with E-state index in [1.165, 1.54) is 11.3 Å². The van der Waals surface area contributed by atoms with Gasteiger partial charge in [-0.05, 0) is 51.4 Å². The largest absolute Gasteiger partial charge is 0.427 e. The number of fused-ring (bicyclic) bond motifs is 1. The second kappa shape index (κ2) is 7.84. The molecule has 3 aromatic rings. The number of aromatic nitrogens is 3. The van der Waals surface area contributed by atoms with Gasteiger partial charge in [0.25, 0.3) is 5.91 Å². The van der Waals surface area contributed by atoms with Gasteiger partial charge in [0, 0.05) is 18.9 Å². The summed E-state index contributed by atoms with van der Waals surface area (Å²) in [6.45, 7) is 5.93. The number of imidazole rings is 1. The Labute approximate surface area is 166 Å². The topological polar surface area (TPSA) is 102 Å². The molecule has 0 atom stereocenters. The number of hydrogen-bond donors (Lipinski definition) is 2. The van der Waals surface area contributed by atoms with Crippen LogP contribution >= 0.6 is 11.3 Å². The number of carbonyl (C=O) groups is 1. The predicted octanol–water partition coefficient (Wildman–Crippen LogP) is 1.80. The van der Waals surface area contributed by atoms with Crippen LogP contribution in [0.5, 0.6) is 0 Å². The van der Waals surface area contributed by atoms with Gasteiger partial charge in [-0.3, -0.25) is 4.79 Å². The van der Waals surface area contributed by atoms with Crippen molar-refractivity contribution in [2.24, 2.45) is 0 Å². The summed E-state index contributed by atoms with van der Waals surface area (Å²) in [5.74, 6) is 0.510. The smallest absolute Gasteiger partial charge is 0.349 e. The normalized spacial score (nSPS) is 15.2. The first-order valence-electron chi connectivity index (χ1n) is 9.46. The van der Waals surface area contributed by atoms with Crippen molar-refractivity contribution < 1.29 is 9.21 Å². The summed E-state index contributed by atoms with van der Waals surface area (Å²) in [5.41, 5.74) is 1.03. The lowest BCUT2D eigenvalue weighted by molar-refractivity contribution is 0.0948. The van der Waals surface area contributed by atoms with E-state index < -0.39 is 11.5 Å². The summed E-state index contributed by atoms with van der Waals surface area (Å²) in [4.78, 5) is 30.3. The molecule has 1 saturated heterocycles. The lowest BCUT2D eigenvalue weighted by atomic mass is 9.94. The van der Waals surface area contributed by atoms with Gasteiger partial charge in [-0.2, -0.15) is 5.10 Å². The number of piperidine rings is 1. The van der Waals surface area contributed by atoms with Crippen molar-refractivity contribution in [3.05, 3.63) is 50.3 Å². The highest BCUT2D eigenvalue weighted by Gasteiger charge is 2.22. The van der Waals surface area contributed by atoms with Crippen LogP contribution < -0.4 is 16.3 Å². The molecular weight excluding hydrogens is 378 g/mol. The van der Waals surface area contributed by atoms with Gasteiger partial charge in [0.2, 0.25) is 4.96 Å². The zero-order chi connectivity index (χ0) is 19.7. The van der Waals surface area contributed by atoms with E-state index in [9.17, 15) is 9.59 Å². The third-order valence-corrected chi connectivity index (χ3v) is 5.84. The van der Waals surface area contributed by atoms with E-state index in [2.05, 4.69) is 20.7 Å². The van der Waals surface area contributed by atoms with Gasteiger partial charge in [-0.25, -0.2) is 14.3 Å². The van der Waals surface area contributed by atoms with Gasteiger partial charge >= 0.3 is 5.63 Å². The average Bonchev–Trinajstić information content (AvgIpc) is 3.18. The number of hydrogen-bond acceptors (Lipinski definition) is 7. The maximum atomic E-state index is 12.5. The van der Waals surface area contributed by atoms with Crippen molar-refractivity contribution in [2.75, 3.05) is 19.6 Å². The van der Waals surface area contributed by atoms with Crippen molar-refractivity contribution >= 4 is 22.2 Å². The number of aryl methyl sites for hydroxylation is 2. The summed E-state index contributed by atoms with van der Waals surface area (Å²) in [6.07, 6.45) is 4.30. The number of amides is 1. The molecular formula is C19H23N5O3S. The summed E-state index contributed by atoms with van der Waals surface area (Å²) in [6, 6.07) is 1.84. The third-order valence-electron chi connectivity index (χ3n) is 5.00. The van der Waals surface area contributed by atoms with Crippen LogP contribution in [0, 0.1) is 13.8 Å². The Balaban J connectivity index is 1.40. The molecule has 28 heavy (non-hydrogen) atoms. The highest BCUT2D eigenvalue weighted by molar-refractivity contribution is 7.16. The van der Waals surface area contributed by atoms with Gasteiger partial charge in [-0.15, -0.1) is 0 Å². The van der Waals surface area contributed by atoms with Gasteiger partial charge in [0.1, 0.15) is 16.3 Å². The number of nitrogens with one attached hydrogen (secondary N) is 2. The minimum atomic E-state index is -0.562. The van der Waals surface area contributed by atoms with Crippen LogP contribution in [0.4, 0.5) is 0 Å². The van der Waals surface area contributed by atoms with Crippen LogP contribution in [0.15, 0.2) is 21.5 Å². The fourth-order valence-corrected chi connectivity index (χ4v) is 4.31. The number of rotatable bonds is 5. The zero-order valence-electron chi connectivity index (χ0n) is 15.9. The number of nitrogens with zero attached hydrogens (tertiary/aromatic N) is 3. The molecule has 0 bridgehead atoms. The highest BCUT2D eigenvalue weighted by Crippen LogP contribution is 2.25. The lowest BCUT2D eigenvalue weighted by Crippen LogP contribution is -2.32. The molecule has 1 aliphatic heterocycles. The summed E-state index contributed by atoms with van der Waals surface area (Å²) >= 11 is 1.52. The van der Waals surface area contributed by atoms with E-state index in [1.807, 2.05) is 19.2 Å². The van der Waals surface area contributed by atoms with Gasteiger partial charge in [0.05, 0.1) is 11.9 Å². The number of carbonyl (C=O) groups excluding carboxylic acids is 1. The molecule has 0 radical (unpaired) electrons. The second-order valence-corrected chi connectivity index (χ2v) is 8.26. The summed E-state index contributed by atoms with van der Waals surface area (Å²) in [7, 11) is 0. The van der Waals surface area contributed by atoms with Gasteiger partial charge in [-0.1, -0.05) is 11.3 Å². The average molecular weight is 401 g/mol. The molecule has 0 spiro atoms. The Morgan fingerprint density at radius 1 is 1.39 bits per heavy atom. The van der Waals surface area contributed by atoms with Crippen molar-refractivity contribution in [1.82, 2.24) is 25.2 Å². The third kappa shape index (κ3) is 3.85. The zero-order valence-corrected chi connectivity index (χ0v) is 16.8. The van der Waals surface area contributed by atoms with Crippen LogP contribution in [-0.4, -0.2) is 40.1 Å².